The highest BCUT2D eigenvalue weighted by Gasteiger charge is 2.12. The smallest absolute Gasteiger partial charge is 0.291 e. The van der Waals surface area contributed by atoms with Crippen LogP contribution in [0.1, 0.15) is 27.8 Å². The van der Waals surface area contributed by atoms with Crippen LogP contribution >= 0.6 is 28.1 Å². The van der Waals surface area contributed by atoms with Crippen molar-refractivity contribution in [2.75, 3.05) is 17.2 Å². The molecule has 0 saturated heterocycles. The van der Waals surface area contributed by atoms with E-state index in [0.29, 0.717) is 33.8 Å². The Kier molecular flexibility index (Phi) is 7.21. The van der Waals surface area contributed by atoms with Crippen molar-refractivity contribution in [3.8, 4) is 5.75 Å². The quantitative estimate of drug-likeness (QED) is 0.431. The molecule has 0 aliphatic carbocycles. The van der Waals surface area contributed by atoms with Gasteiger partial charge in [-0.1, -0.05) is 6.07 Å². The topological polar surface area (TPSA) is 92.6 Å². The number of carbonyl (C=O) groups excluding carboxylic acids is 2. The Balaban J connectivity index is 1.60. The van der Waals surface area contributed by atoms with E-state index in [1.54, 1.807) is 54.6 Å². The monoisotopic (exact) mass is 487 g/mol. The number of carbonyl (C=O) groups is 2. The molecule has 2 aromatic carbocycles. The number of amides is 2. The van der Waals surface area contributed by atoms with E-state index in [0.717, 1.165) is 0 Å². The van der Waals surface area contributed by atoms with Crippen molar-refractivity contribution in [2.24, 2.45) is 0 Å². The van der Waals surface area contributed by atoms with Crippen LogP contribution in [0.15, 0.2) is 69.8 Å². The van der Waals surface area contributed by atoms with Gasteiger partial charge in [0.15, 0.2) is 10.9 Å². The summed E-state index contributed by atoms with van der Waals surface area (Å²) in [7, 11) is 0. The van der Waals surface area contributed by atoms with Crippen LogP contribution in [0, 0.1) is 0 Å². The van der Waals surface area contributed by atoms with E-state index in [4.69, 9.17) is 21.4 Å². The minimum absolute atomic E-state index is 0.125. The summed E-state index contributed by atoms with van der Waals surface area (Å²) in [6, 6.07) is 15.1. The van der Waals surface area contributed by atoms with Crippen LogP contribution in [0.4, 0.5) is 11.4 Å². The maximum absolute atomic E-state index is 12.4. The third kappa shape index (κ3) is 5.68. The number of hydrogen-bond donors (Lipinski definition) is 3. The minimum Gasteiger partial charge on any atom is -0.493 e. The number of thiocarbonyl (C=S) groups is 1. The lowest BCUT2D eigenvalue weighted by Gasteiger charge is -2.12. The van der Waals surface area contributed by atoms with Crippen molar-refractivity contribution >= 4 is 56.4 Å². The summed E-state index contributed by atoms with van der Waals surface area (Å²) in [4.78, 5) is 24.5. The molecule has 0 saturated carbocycles. The van der Waals surface area contributed by atoms with Crippen LogP contribution in [0.3, 0.4) is 0 Å². The summed E-state index contributed by atoms with van der Waals surface area (Å²) in [5.41, 5.74) is 1.57. The SMILES string of the molecule is CCOc1ccc(C(=O)NC(=S)Nc2cccc(NC(=O)c3ccco3)c2)cc1Br. The maximum atomic E-state index is 12.4. The Bertz CT molecular complexity index is 1070. The van der Waals surface area contributed by atoms with Crippen molar-refractivity contribution in [2.45, 2.75) is 6.92 Å². The molecule has 2 amide bonds. The molecule has 3 N–H and O–H groups in total. The summed E-state index contributed by atoms with van der Waals surface area (Å²) in [5.74, 6) is 0.133. The lowest BCUT2D eigenvalue weighted by molar-refractivity contribution is 0.0975. The van der Waals surface area contributed by atoms with E-state index in [1.165, 1.54) is 6.26 Å². The highest BCUT2D eigenvalue weighted by molar-refractivity contribution is 9.10. The Morgan fingerprint density at radius 3 is 2.47 bits per heavy atom. The predicted octanol–water partition coefficient (Wildman–Crippen LogP) is 4.82. The van der Waals surface area contributed by atoms with Crippen molar-refractivity contribution in [1.29, 1.82) is 0 Å². The Hall–Kier alpha value is -3.17. The van der Waals surface area contributed by atoms with Crippen molar-refractivity contribution in [3.05, 3.63) is 76.7 Å². The molecule has 30 heavy (non-hydrogen) atoms. The molecule has 7 nitrogen and oxygen atoms in total. The van der Waals surface area contributed by atoms with Gasteiger partial charge in [0.05, 0.1) is 17.3 Å². The number of hydrogen-bond acceptors (Lipinski definition) is 5. The molecule has 1 heterocycles. The van der Waals surface area contributed by atoms with E-state index >= 15 is 0 Å². The first-order valence-corrected chi connectivity index (χ1v) is 10.2. The van der Waals surface area contributed by atoms with E-state index in [2.05, 4.69) is 31.9 Å². The molecule has 0 spiro atoms. The average molecular weight is 488 g/mol. The molecule has 0 bridgehead atoms. The molecule has 0 atom stereocenters. The molecular formula is C21H18BrN3O4S. The van der Waals surface area contributed by atoms with Gasteiger partial charge in [-0.05, 0) is 83.6 Å². The van der Waals surface area contributed by atoms with Gasteiger partial charge in [-0.15, -0.1) is 0 Å². The van der Waals surface area contributed by atoms with Gasteiger partial charge in [-0.25, -0.2) is 0 Å². The van der Waals surface area contributed by atoms with E-state index in [-0.39, 0.29) is 22.7 Å². The first-order chi connectivity index (χ1) is 14.5. The van der Waals surface area contributed by atoms with Crippen LogP contribution in [-0.4, -0.2) is 23.5 Å². The van der Waals surface area contributed by atoms with Crippen molar-refractivity contribution < 1.29 is 18.7 Å². The van der Waals surface area contributed by atoms with Crippen LogP contribution < -0.4 is 20.7 Å². The van der Waals surface area contributed by atoms with E-state index in [1.807, 2.05) is 6.92 Å². The number of benzene rings is 2. The molecular weight excluding hydrogens is 470 g/mol. The van der Waals surface area contributed by atoms with Crippen molar-refractivity contribution in [3.63, 3.8) is 0 Å². The summed E-state index contributed by atoms with van der Waals surface area (Å²) in [5, 5.41) is 8.40. The van der Waals surface area contributed by atoms with Gasteiger partial charge in [0.1, 0.15) is 5.75 Å². The van der Waals surface area contributed by atoms with Crippen LogP contribution in [0.25, 0.3) is 0 Å². The number of rotatable bonds is 6. The van der Waals surface area contributed by atoms with Gasteiger partial charge in [0.25, 0.3) is 11.8 Å². The van der Waals surface area contributed by atoms with Gasteiger partial charge in [-0.2, -0.15) is 0 Å². The molecule has 9 heteroatoms. The molecule has 0 aliphatic rings. The summed E-state index contributed by atoms with van der Waals surface area (Å²) >= 11 is 8.61. The van der Waals surface area contributed by atoms with Crippen molar-refractivity contribution in [1.82, 2.24) is 5.32 Å². The van der Waals surface area contributed by atoms with E-state index in [9.17, 15) is 9.59 Å². The highest BCUT2D eigenvalue weighted by atomic mass is 79.9. The van der Waals surface area contributed by atoms with Gasteiger partial charge in [-0.3, -0.25) is 14.9 Å². The maximum Gasteiger partial charge on any atom is 0.291 e. The summed E-state index contributed by atoms with van der Waals surface area (Å²) < 4.78 is 11.2. The molecule has 0 aliphatic heterocycles. The second kappa shape index (κ2) is 10.0. The first kappa shape index (κ1) is 21.5. The Labute approximate surface area is 186 Å². The Morgan fingerprint density at radius 2 is 1.80 bits per heavy atom. The standard InChI is InChI=1S/C21H18BrN3O4S/c1-2-28-17-9-8-13(11-16(17)22)19(26)25-21(30)24-15-6-3-5-14(12-15)23-20(27)18-7-4-10-29-18/h3-12H,2H2,1H3,(H,23,27)(H2,24,25,26,30). The number of anilines is 2. The lowest BCUT2D eigenvalue weighted by Crippen LogP contribution is -2.34. The zero-order valence-corrected chi connectivity index (χ0v) is 18.3. The predicted molar refractivity (Wildman–Crippen MR) is 122 cm³/mol. The molecule has 0 unspecified atom stereocenters. The van der Waals surface area contributed by atoms with Crippen LogP contribution in [0.5, 0.6) is 5.75 Å². The number of furan rings is 1. The molecule has 3 rings (SSSR count). The lowest BCUT2D eigenvalue weighted by atomic mass is 10.2. The Morgan fingerprint density at radius 1 is 1.03 bits per heavy atom. The molecule has 1 aromatic heterocycles. The van der Waals surface area contributed by atoms with Gasteiger partial charge < -0.3 is 19.8 Å². The minimum atomic E-state index is -0.367. The zero-order chi connectivity index (χ0) is 21.5. The fraction of sp³-hybridized carbons (Fsp3) is 0.0952. The van der Waals surface area contributed by atoms with Crippen LogP contribution in [-0.2, 0) is 0 Å². The first-order valence-electron chi connectivity index (χ1n) is 8.96. The largest absolute Gasteiger partial charge is 0.493 e. The molecule has 3 aromatic rings. The number of halogens is 1. The number of ether oxygens (including phenoxy) is 1. The highest BCUT2D eigenvalue weighted by Crippen LogP contribution is 2.26. The third-order valence-electron chi connectivity index (χ3n) is 3.84. The summed E-state index contributed by atoms with van der Waals surface area (Å²) in [6.45, 7) is 2.41. The average Bonchev–Trinajstić information content (AvgIpc) is 3.25. The number of nitrogens with one attached hydrogen (secondary N) is 3. The normalized spacial score (nSPS) is 10.2. The summed E-state index contributed by atoms with van der Waals surface area (Å²) in [6.07, 6.45) is 1.43. The van der Waals surface area contributed by atoms with Gasteiger partial charge >= 0.3 is 0 Å². The molecule has 0 fully saturated rings. The second-order valence-corrected chi connectivity index (χ2v) is 7.26. The second-order valence-electron chi connectivity index (χ2n) is 6.00. The zero-order valence-electron chi connectivity index (χ0n) is 15.9. The van der Waals surface area contributed by atoms with Crippen LogP contribution in [0.2, 0.25) is 0 Å². The third-order valence-corrected chi connectivity index (χ3v) is 4.67. The van der Waals surface area contributed by atoms with E-state index < -0.39 is 0 Å². The van der Waals surface area contributed by atoms with Gasteiger partial charge in [0, 0.05) is 16.9 Å². The molecule has 0 radical (unpaired) electrons. The molecule has 154 valence electrons. The fourth-order valence-corrected chi connectivity index (χ4v) is 3.23. The van der Waals surface area contributed by atoms with Gasteiger partial charge in [0.2, 0.25) is 0 Å². The fourth-order valence-electron chi connectivity index (χ4n) is 2.53.